The van der Waals surface area contributed by atoms with E-state index >= 15 is 0 Å². The van der Waals surface area contributed by atoms with Crippen molar-refractivity contribution in [2.45, 2.75) is 57.9 Å². The fraction of sp³-hybridized carbons (Fsp3) is 0.522. The predicted octanol–water partition coefficient (Wildman–Crippen LogP) is 4.03. The summed E-state index contributed by atoms with van der Waals surface area (Å²) in [5.41, 5.74) is -2.45. The van der Waals surface area contributed by atoms with Gasteiger partial charge in [-0.1, -0.05) is 6.08 Å². The number of nitriles is 1. The lowest BCUT2D eigenvalue weighted by Gasteiger charge is -2.43. The van der Waals surface area contributed by atoms with E-state index < -0.39 is 39.7 Å². The van der Waals surface area contributed by atoms with E-state index in [2.05, 4.69) is 4.98 Å². The van der Waals surface area contributed by atoms with E-state index in [1.165, 1.54) is 24.0 Å². The number of hydrogen-bond donors (Lipinski definition) is 0. The standard InChI is InChI=1S/C23H26F4N4O2S/c1-14(2)31(22(4)7-5-16(24)6-8-22)11-20(32)19-12-34(33)13-30(19)21-17(10-28)18(23(25,26)27)9-15(3)29-21/h5-7,9,14,19H,8,11-13H2,1-4H3/t19-,22?,34?/m1/s1. The molecule has 0 radical (unpaired) electrons. The van der Waals surface area contributed by atoms with E-state index in [0.29, 0.717) is 6.42 Å². The Hall–Kier alpha value is -2.58. The largest absolute Gasteiger partial charge is 0.417 e. The smallest absolute Gasteiger partial charge is 0.333 e. The molecule has 184 valence electrons. The monoisotopic (exact) mass is 498 g/mol. The maximum absolute atomic E-state index is 13.6. The molecule has 1 aromatic heterocycles. The van der Waals surface area contributed by atoms with Crippen molar-refractivity contribution in [1.82, 2.24) is 9.88 Å². The zero-order valence-electron chi connectivity index (χ0n) is 19.3. The number of aromatic nitrogens is 1. The summed E-state index contributed by atoms with van der Waals surface area (Å²) >= 11 is 0. The van der Waals surface area contributed by atoms with Gasteiger partial charge in [0.05, 0.1) is 23.7 Å². The third-order valence-corrected chi connectivity index (χ3v) is 7.36. The first-order valence-corrected chi connectivity index (χ1v) is 12.2. The number of halogens is 4. The molecule has 3 atom stereocenters. The van der Waals surface area contributed by atoms with Crippen molar-refractivity contribution < 1.29 is 26.6 Å². The summed E-state index contributed by atoms with van der Waals surface area (Å²) in [5, 5.41) is 9.52. The number of anilines is 1. The normalized spacial score (nSPS) is 25.1. The SMILES string of the molecule is Cc1cc(C(F)(F)F)c(C#N)c(N2CS(=O)C[C@@H]2C(=O)CN(C(C)C)C2(C)C=CC(F)=CC2)n1. The summed E-state index contributed by atoms with van der Waals surface area (Å²) in [7, 11) is -1.51. The molecule has 11 heteroatoms. The van der Waals surface area contributed by atoms with Gasteiger partial charge in [-0.2, -0.15) is 18.4 Å². The molecule has 6 nitrogen and oxygen atoms in total. The second kappa shape index (κ2) is 9.58. The van der Waals surface area contributed by atoms with Crippen LogP contribution in [-0.2, 0) is 21.8 Å². The molecule has 1 fully saturated rings. The Kier molecular flexibility index (Phi) is 7.34. The van der Waals surface area contributed by atoms with Crippen LogP contribution in [0.5, 0.6) is 0 Å². The molecule has 0 aromatic carbocycles. The van der Waals surface area contributed by atoms with Gasteiger partial charge in [0.15, 0.2) is 5.78 Å². The highest BCUT2D eigenvalue weighted by Gasteiger charge is 2.43. The molecule has 2 aliphatic rings. The maximum Gasteiger partial charge on any atom is 0.417 e. The maximum atomic E-state index is 13.6. The van der Waals surface area contributed by atoms with Gasteiger partial charge >= 0.3 is 6.18 Å². The van der Waals surface area contributed by atoms with Gasteiger partial charge in [0.1, 0.15) is 29.3 Å². The van der Waals surface area contributed by atoms with Gasteiger partial charge in [0, 0.05) is 28.1 Å². The van der Waals surface area contributed by atoms with E-state index in [9.17, 15) is 31.8 Å². The number of pyridine rings is 1. The van der Waals surface area contributed by atoms with Crippen molar-refractivity contribution in [3.63, 3.8) is 0 Å². The van der Waals surface area contributed by atoms with Gasteiger partial charge in [0.2, 0.25) is 0 Å². The molecule has 2 unspecified atom stereocenters. The molecular weight excluding hydrogens is 472 g/mol. The van der Waals surface area contributed by atoms with E-state index in [4.69, 9.17) is 0 Å². The molecule has 1 aliphatic carbocycles. The highest BCUT2D eigenvalue weighted by atomic mass is 32.2. The zero-order chi connectivity index (χ0) is 25.4. The molecule has 0 bridgehead atoms. The summed E-state index contributed by atoms with van der Waals surface area (Å²) < 4.78 is 66.7. The Bertz CT molecular complexity index is 1110. The summed E-state index contributed by atoms with van der Waals surface area (Å²) in [6.45, 7) is 6.92. The second-order valence-corrected chi connectivity index (χ2v) is 10.5. The number of allylic oxidation sites excluding steroid dienone is 2. The average molecular weight is 499 g/mol. The van der Waals surface area contributed by atoms with Gasteiger partial charge in [-0.15, -0.1) is 0 Å². The molecule has 0 N–H and O–H groups in total. The number of ketones is 1. The molecule has 0 amide bonds. The van der Waals surface area contributed by atoms with Crippen molar-refractivity contribution in [2.24, 2.45) is 0 Å². The highest BCUT2D eigenvalue weighted by Crippen LogP contribution is 2.37. The Balaban J connectivity index is 1.97. The highest BCUT2D eigenvalue weighted by molar-refractivity contribution is 7.85. The van der Waals surface area contributed by atoms with Crippen LogP contribution < -0.4 is 4.90 Å². The minimum Gasteiger partial charge on any atom is -0.333 e. The number of Topliss-reactive ketones (excluding diaryl/α,β-unsaturated/α-hetero) is 1. The lowest BCUT2D eigenvalue weighted by atomic mass is 9.89. The minimum absolute atomic E-state index is 0.0303. The lowest BCUT2D eigenvalue weighted by Crippen LogP contribution is -2.54. The molecule has 1 aliphatic heterocycles. The van der Waals surface area contributed by atoms with Crippen LogP contribution >= 0.6 is 0 Å². The number of nitrogens with zero attached hydrogens (tertiary/aromatic N) is 4. The first-order chi connectivity index (χ1) is 15.8. The Morgan fingerprint density at radius 2 is 2.12 bits per heavy atom. The number of carbonyl (C=O) groups excluding carboxylic acids is 1. The van der Waals surface area contributed by atoms with Crippen LogP contribution in [-0.4, -0.2) is 55.7 Å². The number of aryl methyl sites for hydroxylation is 1. The van der Waals surface area contributed by atoms with E-state index in [0.717, 1.165) is 6.07 Å². The van der Waals surface area contributed by atoms with Crippen molar-refractivity contribution >= 4 is 22.4 Å². The second-order valence-electron chi connectivity index (χ2n) is 9.01. The van der Waals surface area contributed by atoms with Gasteiger partial charge < -0.3 is 4.90 Å². The van der Waals surface area contributed by atoms with Crippen molar-refractivity contribution in [2.75, 3.05) is 23.1 Å². The van der Waals surface area contributed by atoms with Crippen LogP contribution in [0.15, 0.2) is 30.1 Å². The Morgan fingerprint density at radius 3 is 2.65 bits per heavy atom. The molecule has 2 heterocycles. The summed E-state index contributed by atoms with van der Waals surface area (Å²) in [4.78, 5) is 20.7. The molecule has 0 spiro atoms. The van der Waals surface area contributed by atoms with Crippen molar-refractivity contribution in [3.8, 4) is 6.07 Å². The lowest BCUT2D eigenvalue weighted by molar-refractivity contribution is -0.137. The van der Waals surface area contributed by atoms with Crippen LogP contribution in [0.1, 0.15) is 44.0 Å². The fourth-order valence-corrected chi connectivity index (χ4v) is 5.81. The number of alkyl halides is 3. The molecule has 0 saturated carbocycles. The molecule has 1 saturated heterocycles. The van der Waals surface area contributed by atoms with Crippen molar-refractivity contribution in [3.05, 3.63) is 46.9 Å². The Morgan fingerprint density at radius 1 is 1.44 bits per heavy atom. The summed E-state index contributed by atoms with van der Waals surface area (Å²) in [6, 6.07) is 1.24. The average Bonchev–Trinajstić information content (AvgIpc) is 3.14. The predicted molar refractivity (Wildman–Crippen MR) is 121 cm³/mol. The van der Waals surface area contributed by atoms with Gasteiger partial charge in [0.25, 0.3) is 0 Å². The van der Waals surface area contributed by atoms with Crippen LogP contribution in [0.4, 0.5) is 23.4 Å². The first kappa shape index (κ1) is 26.0. The van der Waals surface area contributed by atoms with Gasteiger partial charge in [-0.25, -0.2) is 9.37 Å². The fourth-order valence-electron chi connectivity index (χ4n) is 4.38. The Labute approximate surface area is 198 Å². The summed E-state index contributed by atoms with van der Waals surface area (Å²) in [5.74, 6) is -1.28. The first-order valence-electron chi connectivity index (χ1n) is 10.7. The van der Waals surface area contributed by atoms with E-state index in [-0.39, 0.29) is 47.3 Å². The van der Waals surface area contributed by atoms with Crippen LogP contribution in [0, 0.1) is 18.3 Å². The molecule has 34 heavy (non-hydrogen) atoms. The minimum atomic E-state index is -4.79. The van der Waals surface area contributed by atoms with Crippen LogP contribution in [0.2, 0.25) is 0 Å². The van der Waals surface area contributed by atoms with Gasteiger partial charge in [-0.05, 0) is 52.3 Å². The molecule has 3 rings (SSSR count). The molecule has 1 aromatic rings. The number of rotatable bonds is 6. The van der Waals surface area contributed by atoms with Gasteiger partial charge in [-0.3, -0.25) is 13.9 Å². The number of carbonyl (C=O) groups is 1. The van der Waals surface area contributed by atoms with Crippen molar-refractivity contribution in [1.29, 1.82) is 5.26 Å². The number of hydrogen-bond acceptors (Lipinski definition) is 6. The topological polar surface area (TPSA) is 77.3 Å². The van der Waals surface area contributed by atoms with Crippen LogP contribution in [0.25, 0.3) is 0 Å². The van der Waals surface area contributed by atoms with Crippen LogP contribution in [0.3, 0.4) is 0 Å². The quantitative estimate of drug-likeness (QED) is 0.552. The third-order valence-electron chi connectivity index (χ3n) is 6.11. The third kappa shape index (κ3) is 5.23. The van der Waals surface area contributed by atoms with E-state index in [1.807, 2.05) is 25.7 Å². The zero-order valence-corrected chi connectivity index (χ0v) is 20.1. The summed E-state index contributed by atoms with van der Waals surface area (Å²) in [6.07, 6.45) is 0.0188. The van der Waals surface area contributed by atoms with E-state index in [1.54, 1.807) is 12.1 Å². The molecular formula is C23H26F4N4O2S.